The van der Waals surface area contributed by atoms with E-state index in [1.165, 1.54) is 5.56 Å². The summed E-state index contributed by atoms with van der Waals surface area (Å²) in [6, 6.07) is 33.3. The van der Waals surface area contributed by atoms with Crippen molar-refractivity contribution in [2.24, 2.45) is 0 Å². The Morgan fingerprint density at radius 2 is 1.24 bits per heavy atom. The first kappa shape index (κ1) is 25.4. The molecule has 1 unspecified atom stereocenters. The van der Waals surface area contributed by atoms with Crippen LogP contribution in [0.5, 0.6) is 0 Å². The normalized spacial score (nSPS) is 16.1. The minimum atomic E-state index is -1.02. The number of benzene rings is 4. The number of nitrogens with zero attached hydrogens (tertiary/aromatic N) is 3. The molecule has 5 nitrogen and oxygen atoms in total. The van der Waals surface area contributed by atoms with E-state index in [2.05, 4.69) is 95.6 Å². The molecule has 0 N–H and O–H groups in total. The van der Waals surface area contributed by atoms with Crippen LogP contribution in [0, 0.1) is 0 Å². The molecule has 1 heterocycles. The number of hydrogen-bond acceptors (Lipinski definition) is 5. The van der Waals surface area contributed by atoms with Gasteiger partial charge in [-0.05, 0) is 48.9 Å². The standard InChI is InChI=1S/C33H35N3O2/c1-6-36(23-24-10-8-7-9-11-24)28-18-14-26(15-19-28)33(25-12-16-27(17-13-25)34(2)3)31-21-20-29(35(4)5)22-30(31)32(37)38-33/h7-22H,6,23H2,1-5H3. The molecule has 5 heteroatoms. The number of cyclic esters (lactones) is 1. The zero-order chi connectivity index (χ0) is 26.9. The van der Waals surface area contributed by atoms with Gasteiger partial charge in [0, 0.05) is 75.0 Å². The van der Waals surface area contributed by atoms with E-state index < -0.39 is 5.60 Å². The monoisotopic (exact) mass is 505 g/mol. The van der Waals surface area contributed by atoms with Crippen molar-refractivity contribution in [2.75, 3.05) is 49.4 Å². The second kappa shape index (κ2) is 10.3. The van der Waals surface area contributed by atoms with Crippen LogP contribution < -0.4 is 14.7 Å². The summed E-state index contributed by atoms with van der Waals surface area (Å²) < 4.78 is 6.36. The SMILES string of the molecule is CCN(Cc1ccccc1)c1ccc(C2(c3ccc(N(C)C)cc3)OC(=O)c3cc(N(C)C)ccc32)cc1. The maximum absolute atomic E-state index is 13.3. The van der Waals surface area contributed by atoms with E-state index in [1.54, 1.807) is 0 Å². The maximum atomic E-state index is 13.3. The van der Waals surface area contributed by atoms with Gasteiger partial charge in [0.1, 0.15) is 0 Å². The Morgan fingerprint density at radius 1 is 0.684 bits per heavy atom. The first-order valence-electron chi connectivity index (χ1n) is 13.1. The fourth-order valence-corrected chi connectivity index (χ4v) is 5.22. The van der Waals surface area contributed by atoms with E-state index in [9.17, 15) is 4.79 Å². The van der Waals surface area contributed by atoms with Crippen molar-refractivity contribution in [1.29, 1.82) is 0 Å². The molecule has 0 aliphatic carbocycles. The van der Waals surface area contributed by atoms with Crippen molar-refractivity contribution in [2.45, 2.75) is 19.1 Å². The van der Waals surface area contributed by atoms with E-state index in [4.69, 9.17) is 4.74 Å². The lowest BCUT2D eigenvalue weighted by atomic mass is 9.79. The Kier molecular flexibility index (Phi) is 6.85. The molecule has 5 rings (SSSR count). The molecule has 1 aliphatic rings. The lowest BCUT2D eigenvalue weighted by Gasteiger charge is -2.31. The first-order chi connectivity index (χ1) is 18.3. The fourth-order valence-electron chi connectivity index (χ4n) is 5.22. The number of anilines is 3. The highest BCUT2D eigenvalue weighted by molar-refractivity contribution is 5.97. The van der Waals surface area contributed by atoms with Crippen molar-refractivity contribution in [3.8, 4) is 0 Å². The Hall–Kier alpha value is -4.25. The summed E-state index contributed by atoms with van der Waals surface area (Å²) in [7, 11) is 7.99. The van der Waals surface area contributed by atoms with Gasteiger partial charge >= 0.3 is 5.97 Å². The number of carbonyl (C=O) groups is 1. The van der Waals surface area contributed by atoms with Crippen LogP contribution in [0.2, 0.25) is 0 Å². The molecule has 0 fully saturated rings. The molecule has 0 aromatic heterocycles. The lowest BCUT2D eigenvalue weighted by Crippen LogP contribution is -2.30. The number of ether oxygens (including phenoxy) is 1. The zero-order valence-electron chi connectivity index (χ0n) is 22.8. The fraction of sp³-hybridized carbons (Fsp3) is 0.242. The summed E-state index contributed by atoms with van der Waals surface area (Å²) in [4.78, 5) is 19.8. The zero-order valence-corrected chi connectivity index (χ0v) is 22.8. The summed E-state index contributed by atoms with van der Waals surface area (Å²) in [6.45, 7) is 3.89. The number of hydrogen-bond donors (Lipinski definition) is 0. The van der Waals surface area contributed by atoms with Gasteiger partial charge in [0.15, 0.2) is 5.60 Å². The number of fused-ring (bicyclic) bond motifs is 1. The molecule has 0 saturated carbocycles. The molecule has 194 valence electrons. The third-order valence-corrected chi connectivity index (χ3v) is 7.39. The largest absolute Gasteiger partial charge is 0.441 e. The van der Waals surface area contributed by atoms with Gasteiger partial charge in [-0.15, -0.1) is 0 Å². The Balaban J connectivity index is 1.60. The average molecular weight is 506 g/mol. The second-order valence-corrected chi connectivity index (χ2v) is 10.2. The van der Waals surface area contributed by atoms with E-state index in [0.29, 0.717) is 5.56 Å². The van der Waals surface area contributed by atoms with E-state index >= 15 is 0 Å². The summed E-state index contributed by atoms with van der Waals surface area (Å²) in [5.41, 5.74) is 6.78. The molecule has 0 saturated heterocycles. The van der Waals surface area contributed by atoms with Crippen LogP contribution in [0.15, 0.2) is 97.1 Å². The van der Waals surface area contributed by atoms with Gasteiger partial charge < -0.3 is 19.4 Å². The highest BCUT2D eigenvalue weighted by atomic mass is 16.6. The smallest absolute Gasteiger partial charge is 0.340 e. The van der Waals surface area contributed by atoms with Crippen LogP contribution in [0.3, 0.4) is 0 Å². The van der Waals surface area contributed by atoms with E-state index in [0.717, 1.165) is 46.8 Å². The lowest BCUT2D eigenvalue weighted by molar-refractivity contribution is 0.0251. The Labute approximate surface area is 225 Å². The van der Waals surface area contributed by atoms with Gasteiger partial charge in [-0.3, -0.25) is 0 Å². The molecule has 0 spiro atoms. The average Bonchev–Trinajstić information content (AvgIpc) is 3.25. The van der Waals surface area contributed by atoms with Crippen LogP contribution in [0.25, 0.3) is 0 Å². The van der Waals surface area contributed by atoms with Gasteiger partial charge in [0.05, 0.1) is 5.56 Å². The summed E-state index contributed by atoms with van der Waals surface area (Å²) in [5, 5.41) is 0. The van der Waals surface area contributed by atoms with Crippen LogP contribution in [0.4, 0.5) is 17.1 Å². The number of carbonyl (C=O) groups excluding carboxylic acids is 1. The third-order valence-electron chi connectivity index (χ3n) is 7.39. The van der Waals surface area contributed by atoms with Crippen molar-refractivity contribution in [1.82, 2.24) is 0 Å². The number of esters is 1. The topological polar surface area (TPSA) is 36.0 Å². The summed E-state index contributed by atoms with van der Waals surface area (Å²) in [6.07, 6.45) is 0. The van der Waals surface area contributed by atoms with Gasteiger partial charge in [-0.1, -0.05) is 60.7 Å². The van der Waals surface area contributed by atoms with Crippen LogP contribution >= 0.6 is 0 Å². The van der Waals surface area contributed by atoms with Crippen LogP contribution in [0.1, 0.15) is 39.5 Å². The summed E-state index contributed by atoms with van der Waals surface area (Å²) in [5.74, 6) is -0.302. The molecule has 4 aromatic rings. The molecule has 1 aliphatic heterocycles. The molecule has 0 bridgehead atoms. The van der Waals surface area contributed by atoms with Gasteiger partial charge in [-0.25, -0.2) is 4.79 Å². The highest BCUT2D eigenvalue weighted by Crippen LogP contribution is 2.48. The quantitative estimate of drug-likeness (QED) is 0.262. The minimum absolute atomic E-state index is 0.302. The Bertz CT molecular complexity index is 1410. The van der Waals surface area contributed by atoms with Gasteiger partial charge in [0.2, 0.25) is 0 Å². The maximum Gasteiger partial charge on any atom is 0.340 e. The van der Waals surface area contributed by atoms with Gasteiger partial charge in [0.25, 0.3) is 0 Å². The molecular formula is C33H35N3O2. The third kappa shape index (κ3) is 4.49. The van der Waals surface area contributed by atoms with Crippen LogP contribution in [-0.2, 0) is 16.9 Å². The van der Waals surface area contributed by atoms with Crippen molar-refractivity contribution in [3.05, 3.63) is 125 Å². The van der Waals surface area contributed by atoms with Crippen molar-refractivity contribution >= 4 is 23.0 Å². The molecular weight excluding hydrogens is 470 g/mol. The van der Waals surface area contributed by atoms with Gasteiger partial charge in [-0.2, -0.15) is 0 Å². The van der Waals surface area contributed by atoms with Crippen molar-refractivity contribution in [3.63, 3.8) is 0 Å². The minimum Gasteiger partial charge on any atom is -0.441 e. The molecule has 1 atom stereocenters. The second-order valence-electron chi connectivity index (χ2n) is 10.2. The van der Waals surface area contributed by atoms with E-state index in [-0.39, 0.29) is 5.97 Å². The van der Waals surface area contributed by atoms with E-state index in [1.807, 2.05) is 51.3 Å². The summed E-state index contributed by atoms with van der Waals surface area (Å²) >= 11 is 0. The molecule has 0 amide bonds. The first-order valence-corrected chi connectivity index (χ1v) is 13.1. The molecule has 4 aromatic carbocycles. The predicted molar refractivity (Wildman–Crippen MR) is 156 cm³/mol. The Morgan fingerprint density at radius 3 is 1.79 bits per heavy atom. The van der Waals surface area contributed by atoms with Crippen LogP contribution in [-0.4, -0.2) is 40.7 Å². The molecule has 38 heavy (non-hydrogen) atoms. The number of rotatable bonds is 8. The highest BCUT2D eigenvalue weighted by Gasteiger charge is 2.48. The van der Waals surface area contributed by atoms with Crippen molar-refractivity contribution < 1.29 is 9.53 Å². The molecule has 0 radical (unpaired) electrons. The predicted octanol–water partition coefficient (Wildman–Crippen LogP) is 6.31.